The topological polar surface area (TPSA) is 55.2 Å². The van der Waals surface area contributed by atoms with Crippen LogP contribution in [0.15, 0.2) is 54.7 Å². The van der Waals surface area contributed by atoms with E-state index in [2.05, 4.69) is 16.9 Å². The van der Waals surface area contributed by atoms with Gasteiger partial charge >= 0.3 is 0 Å². The van der Waals surface area contributed by atoms with Crippen molar-refractivity contribution in [2.45, 2.75) is 38.7 Å². The van der Waals surface area contributed by atoms with E-state index in [1.54, 1.807) is 6.20 Å². The number of unbranched alkanes of at least 4 members (excludes halogenated alkanes) is 2. The second-order valence-electron chi connectivity index (χ2n) is 5.87. The Morgan fingerprint density at radius 2 is 1.92 bits per heavy atom. The highest BCUT2D eigenvalue weighted by Gasteiger charge is 2.09. The first-order valence-corrected chi connectivity index (χ1v) is 8.44. The van der Waals surface area contributed by atoms with Gasteiger partial charge < -0.3 is 9.84 Å². The molecule has 0 aliphatic carbocycles. The van der Waals surface area contributed by atoms with Gasteiger partial charge in [0.1, 0.15) is 5.75 Å². The van der Waals surface area contributed by atoms with E-state index in [1.165, 1.54) is 0 Å². The SMILES string of the molecule is CCCCCC(O)c1ccc(Oc2ccc3ccccc3n2)cn1. The Balaban J connectivity index is 1.66. The average molecular weight is 322 g/mol. The Kier molecular flexibility index (Phi) is 5.39. The van der Waals surface area contributed by atoms with Crippen molar-refractivity contribution in [3.63, 3.8) is 0 Å². The smallest absolute Gasteiger partial charge is 0.219 e. The summed E-state index contributed by atoms with van der Waals surface area (Å²) in [5.74, 6) is 1.15. The molecule has 0 radical (unpaired) electrons. The van der Waals surface area contributed by atoms with Crippen molar-refractivity contribution in [3.8, 4) is 11.6 Å². The first-order valence-electron chi connectivity index (χ1n) is 8.44. The third-order valence-electron chi connectivity index (χ3n) is 3.98. The Labute approximate surface area is 142 Å². The Hall–Kier alpha value is -2.46. The second-order valence-corrected chi connectivity index (χ2v) is 5.87. The lowest BCUT2D eigenvalue weighted by Gasteiger charge is -2.10. The number of hydrogen-bond donors (Lipinski definition) is 1. The fraction of sp³-hybridized carbons (Fsp3) is 0.300. The van der Waals surface area contributed by atoms with Crippen molar-refractivity contribution in [3.05, 3.63) is 60.4 Å². The third-order valence-corrected chi connectivity index (χ3v) is 3.98. The van der Waals surface area contributed by atoms with Gasteiger partial charge in [0.05, 0.1) is 23.5 Å². The molecule has 1 aromatic carbocycles. The highest BCUT2D eigenvalue weighted by molar-refractivity contribution is 5.78. The number of rotatable bonds is 7. The number of pyridine rings is 2. The summed E-state index contributed by atoms with van der Waals surface area (Å²) in [6.45, 7) is 2.15. The Morgan fingerprint density at radius 3 is 2.71 bits per heavy atom. The molecular weight excluding hydrogens is 300 g/mol. The van der Waals surface area contributed by atoms with E-state index in [1.807, 2.05) is 48.5 Å². The normalized spacial score (nSPS) is 12.2. The van der Waals surface area contributed by atoms with Gasteiger partial charge in [-0.15, -0.1) is 0 Å². The van der Waals surface area contributed by atoms with Crippen LogP contribution in [0.4, 0.5) is 0 Å². The van der Waals surface area contributed by atoms with E-state index >= 15 is 0 Å². The maximum atomic E-state index is 10.1. The molecule has 1 atom stereocenters. The number of nitrogens with zero attached hydrogens (tertiary/aromatic N) is 2. The number of para-hydroxylation sites is 1. The molecule has 0 amide bonds. The van der Waals surface area contributed by atoms with Crippen molar-refractivity contribution in [1.82, 2.24) is 9.97 Å². The molecule has 3 aromatic rings. The molecule has 3 rings (SSSR count). The molecule has 1 unspecified atom stereocenters. The van der Waals surface area contributed by atoms with Gasteiger partial charge in [0, 0.05) is 11.5 Å². The van der Waals surface area contributed by atoms with E-state index in [9.17, 15) is 5.11 Å². The van der Waals surface area contributed by atoms with E-state index in [4.69, 9.17) is 4.74 Å². The lowest BCUT2D eigenvalue weighted by atomic mass is 10.1. The van der Waals surface area contributed by atoms with E-state index in [-0.39, 0.29) is 0 Å². The van der Waals surface area contributed by atoms with Crippen molar-refractivity contribution in [2.75, 3.05) is 0 Å². The zero-order valence-corrected chi connectivity index (χ0v) is 13.9. The predicted molar refractivity (Wildman–Crippen MR) is 95.2 cm³/mol. The summed E-state index contributed by atoms with van der Waals surface area (Å²) < 4.78 is 5.76. The van der Waals surface area contributed by atoms with Gasteiger partial charge in [0.2, 0.25) is 5.88 Å². The van der Waals surface area contributed by atoms with Gasteiger partial charge in [-0.1, -0.05) is 44.4 Å². The zero-order valence-electron chi connectivity index (χ0n) is 13.9. The first-order chi connectivity index (χ1) is 11.8. The van der Waals surface area contributed by atoms with Crippen LogP contribution in [-0.2, 0) is 0 Å². The van der Waals surface area contributed by atoms with Gasteiger partial charge in [-0.25, -0.2) is 4.98 Å². The minimum atomic E-state index is -0.510. The minimum Gasteiger partial charge on any atom is -0.437 e. The molecule has 0 saturated carbocycles. The van der Waals surface area contributed by atoms with E-state index in [0.717, 1.165) is 36.6 Å². The van der Waals surface area contributed by atoms with Gasteiger partial charge in [-0.2, -0.15) is 0 Å². The molecule has 0 aliphatic heterocycles. The highest BCUT2D eigenvalue weighted by atomic mass is 16.5. The van der Waals surface area contributed by atoms with Gasteiger partial charge in [0.25, 0.3) is 0 Å². The largest absolute Gasteiger partial charge is 0.437 e. The summed E-state index contributed by atoms with van der Waals surface area (Å²) in [7, 11) is 0. The number of ether oxygens (including phenoxy) is 1. The number of hydrogen-bond acceptors (Lipinski definition) is 4. The number of fused-ring (bicyclic) bond motifs is 1. The van der Waals surface area contributed by atoms with Gasteiger partial charge in [-0.05, 0) is 30.7 Å². The molecule has 0 bridgehead atoms. The molecule has 0 spiro atoms. The Morgan fingerprint density at radius 1 is 1.04 bits per heavy atom. The molecule has 2 aromatic heterocycles. The standard InChI is InChI=1S/C20H22N2O2/c1-2-3-4-9-19(23)18-12-11-16(14-21-18)24-20-13-10-15-7-5-6-8-17(15)22-20/h5-8,10-14,19,23H,2-4,9H2,1H3. The summed E-state index contributed by atoms with van der Waals surface area (Å²) in [4.78, 5) is 8.79. The van der Waals surface area contributed by atoms with Crippen LogP contribution in [0.1, 0.15) is 44.4 Å². The van der Waals surface area contributed by atoms with Crippen molar-refractivity contribution in [2.24, 2.45) is 0 Å². The molecule has 24 heavy (non-hydrogen) atoms. The summed E-state index contributed by atoms with van der Waals surface area (Å²) in [5, 5.41) is 11.2. The summed E-state index contributed by atoms with van der Waals surface area (Å²) in [6, 6.07) is 15.4. The molecule has 0 saturated heterocycles. The maximum Gasteiger partial charge on any atom is 0.219 e. The number of aliphatic hydroxyl groups is 1. The first kappa shape index (κ1) is 16.4. The fourth-order valence-corrected chi connectivity index (χ4v) is 2.61. The van der Waals surface area contributed by atoms with Crippen LogP contribution in [0.25, 0.3) is 10.9 Å². The molecule has 0 fully saturated rings. The molecule has 4 nitrogen and oxygen atoms in total. The molecular formula is C20H22N2O2. The van der Waals surface area contributed by atoms with Crippen LogP contribution in [0.3, 0.4) is 0 Å². The second kappa shape index (κ2) is 7.88. The number of aliphatic hydroxyl groups excluding tert-OH is 1. The lowest BCUT2D eigenvalue weighted by Crippen LogP contribution is -2.00. The number of aromatic nitrogens is 2. The zero-order chi connectivity index (χ0) is 16.8. The van der Waals surface area contributed by atoms with Crippen LogP contribution < -0.4 is 4.74 Å². The van der Waals surface area contributed by atoms with Crippen LogP contribution in [0, 0.1) is 0 Å². The number of benzene rings is 1. The van der Waals surface area contributed by atoms with Gasteiger partial charge in [0.15, 0.2) is 0 Å². The van der Waals surface area contributed by atoms with Crippen molar-refractivity contribution >= 4 is 10.9 Å². The molecule has 1 N–H and O–H groups in total. The minimum absolute atomic E-state index is 0.510. The van der Waals surface area contributed by atoms with Crippen molar-refractivity contribution in [1.29, 1.82) is 0 Å². The van der Waals surface area contributed by atoms with Crippen LogP contribution in [0.2, 0.25) is 0 Å². The monoisotopic (exact) mass is 322 g/mol. The average Bonchev–Trinajstić information content (AvgIpc) is 2.62. The van der Waals surface area contributed by atoms with E-state index < -0.39 is 6.10 Å². The van der Waals surface area contributed by atoms with Crippen LogP contribution >= 0.6 is 0 Å². The quantitative estimate of drug-likeness (QED) is 0.619. The Bertz CT molecular complexity index is 787. The molecule has 4 heteroatoms. The summed E-state index contributed by atoms with van der Waals surface area (Å²) in [6.07, 6.45) is 5.16. The summed E-state index contributed by atoms with van der Waals surface area (Å²) >= 11 is 0. The molecule has 0 aliphatic rings. The predicted octanol–water partition coefficient (Wildman–Crippen LogP) is 5.04. The van der Waals surface area contributed by atoms with Crippen LogP contribution in [-0.4, -0.2) is 15.1 Å². The van der Waals surface area contributed by atoms with Crippen LogP contribution in [0.5, 0.6) is 11.6 Å². The lowest BCUT2D eigenvalue weighted by molar-refractivity contribution is 0.159. The molecule has 2 heterocycles. The third kappa shape index (κ3) is 4.09. The fourth-order valence-electron chi connectivity index (χ4n) is 2.61. The maximum absolute atomic E-state index is 10.1. The highest BCUT2D eigenvalue weighted by Crippen LogP contribution is 2.24. The summed E-state index contributed by atoms with van der Waals surface area (Å²) in [5.41, 5.74) is 1.58. The van der Waals surface area contributed by atoms with Crippen molar-refractivity contribution < 1.29 is 9.84 Å². The van der Waals surface area contributed by atoms with Gasteiger partial charge in [-0.3, -0.25) is 4.98 Å². The molecule has 124 valence electrons. The van der Waals surface area contributed by atoms with E-state index in [0.29, 0.717) is 17.3 Å².